The van der Waals surface area contributed by atoms with Crippen molar-refractivity contribution in [1.29, 1.82) is 0 Å². The summed E-state index contributed by atoms with van der Waals surface area (Å²) < 4.78 is 29.1. The highest BCUT2D eigenvalue weighted by Crippen LogP contribution is 2.38. The minimum atomic E-state index is -3.63. The Morgan fingerprint density at radius 2 is 1.38 bits per heavy atom. The molecule has 1 aromatic rings. The molecule has 26 heavy (non-hydrogen) atoms. The number of halogens is 1. The Labute approximate surface area is 163 Å². The van der Waals surface area contributed by atoms with Gasteiger partial charge in [-0.25, -0.2) is 8.42 Å². The van der Waals surface area contributed by atoms with E-state index in [-0.39, 0.29) is 22.7 Å². The number of anilines is 1. The van der Waals surface area contributed by atoms with Gasteiger partial charge in [-0.05, 0) is 81.4 Å². The molecule has 0 atom stereocenters. The van der Waals surface area contributed by atoms with Gasteiger partial charge in [-0.3, -0.25) is 0 Å². The van der Waals surface area contributed by atoms with E-state index >= 15 is 0 Å². The summed E-state index contributed by atoms with van der Waals surface area (Å²) in [5.74, 6) is 1.37. The zero-order chi connectivity index (χ0) is 18.9. The van der Waals surface area contributed by atoms with Crippen LogP contribution in [0, 0.1) is 11.8 Å². The molecule has 4 nitrogen and oxygen atoms in total. The van der Waals surface area contributed by atoms with E-state index < -0.39 is 10.0 Å². The average molecular weight is 399 g/mol. The fourth-order valence-electron chi connectivity index (χ4n) is 4.55. The van der Waals surface area contributed by atoms with Crippen molar-refractivity contribution in [3.63, 3.8) is 0 Å². The second kappa shape index (κ2) is 8.07. The molecule has 2 aliphatic carbocycles. The Hall–Kier alpha value is -0.780. The van der Waals surface area contributed by atoms with E-state index in [1.807, 2.05) is 4.31 Å². The Morgan fingerprint density at radius 1 is 0.923 bits per heavy atom. The molecule has 1 aromatic carbocycles. The van der Waals surface area contributed by atoms with Crippen LogP contribution >= 0.6 is 11.6 Å². The predicted molar refractivity (Wildman–Crippen MR) is 108 cm³/mol. The van der Waals surface area contributed by atoms with Crippen LogP contribution in [0.3, 0.4) is 0 Å². The van der Waals surface area contributed by atoms with Gasteiger partial charge in [0.25, 0.3) is 0 Å². The summed E-state index contributed by atoms with van der Waals surface area (Å²) >= 11 is 5.99. The molecule has 2 fully saturated rings. The smallest absolute Gasteiger partial charge is 0.245 e. The molecule has 0 aromatic heterocycles. The fourth-order valence-corrected chi connectivity index (χ4v) is 6.76. The Balaban J connectivity index is 1.95. The van der Waals surface area contributed by atoms with Gasteiger partial charge in [0.1, 0.15) is 4.90 Å². The number of benzene rings is 1. The van der Waals surface area contributed by atoms with Gasteiger partial charge in [-0.2, -0.15) is 4.31 Å². The zero-order valence-corrected chi connectivity index (χ0v) is 17.4. The summed E-state index contributed by atoms with van der Waals surface area (Å²) in [6.45, 7) is 4.52. The van der Waals surface area contributed by atoms with E-state index in [0.29, 0.717) is 16.9 Å². The fraction of sp³-hybridized carbons (Fsp3) is 0.700. The van der Waals surface area contributed by atoms with Crippen LogP contribution in [0.1, 0.15) is 65.2 Å². The van der Waals surface area contributed by atoms with Gasteiger partial charge < -0.3 is 5.73 Å². The summed E-state index contributed by atoms with van der Waals surface area (Å²) in [6.07, 6.45) is 8.15. The molecular formula is C20H31ClN2O2S. The maximum Gasteiger partial charge on any atom is 0.245 e. The third-order valence-corrected chi connectivity index (χ3v) is 8.53. The molecule has 0 bridgehead atoms. The summed E-state index contributed by atoms with van der Waals surface area (Å²) in [6, 6.07) is 4.90. The van der Waals surface area contributed by atoms with Crippen molar-refractivity contribution < 1.29 is 8.42 Å². The first-order chi connectivity index (χ1) is 12.3. The molecule has 0 amide bonds. The van der Waals surface area contributed by atoms with E-state index in [4.69, 9.17) is 17.3 Å². The zero-order valence-electron chi connectivity index (χ0n) is 15.8. The molecule has 0 heterocycles. The lowest BCUT2D eigenvalue weighted by Crippen LogP contribution is -2.49. The minimum Gasteiger partial charge on any atom is -0.398 e. The average Bonchev–Trinajstić information content (AvgIpc) is 2.58. The van der Waals surface area contributed by atoms with Crippen LogP contribution in [0.5, 0.6) is 0 Å². The van der Waals surface area contributed by atoms with Gasteiger partial charge in [0.15, 0.2) is 0 Å². The first-order valence-electron chi connectivity index (χ1n) is 9.87. The maximum absolute atomic E-state index is 13.6. The third-order valence-electron chi connectivity index (χ3n) is 6.22. The number of nitrogens with zero attached hydrogens (tertiary/aromatic N) is 1. The highest BCUT2D eigenvalue weighted by Gasteiger charge is 2.40. The van der Waals surface area contributed by atoms with Crippen LogP contribution in [-0.2, 0) is 10.0 Å². The first kappa shape index (κ1) is 20.0. The van der Waals surface area contributed by atoms with Crippen molar-refractivity contribution in [1.82, 2.24) is 4.31 Å². The summed E-state index contributed by atoms with van der Waals surface area (Å²) in [5, 5.41) is 0.464. The van der Waals surface area contributed by atoms with Gasteiger partial charge in [-0.15, -0.1) is 0 Å². The van der Waals surface area contributed by atoms with Crippen molar-refractivity contribution in [2.75, 3.05) is 5.73 Å². The minimum absolute atomic E-state index is 0.0877. The van der Waals surface area contributed by atoms with Gasteiger partial charge in [0, 0.05) is 17.1 Å². The number of nitrogens with two attached hydrogens (primary N) is 1. The number of hydrogen-bond acceptors (Lipinski definition) is 3. The molecule has 2 N–H and O–H groups in total. The second-order valence-electron chi connectivity index (χ2n) is 8.34. The number of sulfonamides is 1. The van der Waals surface area contributed by atoms with Gasteiger partial charge >= 0.3 is 0 Å². The standard InChI is InChI=1S/C20H31ClN2O2S/c1-14-3-8-17(9-4-14)23(18-10-5-15(2)6-11-18)26(24,25)20-12-7-16(21)13-19(20)22/h7,12-15,17-18H,3-6,8-11,22H2,1-2H3. The second-order valence-corrected chi connectivity index (χ2v) is 10.6. The van der Waals surface area contributed by atoms with Crippen molar-refractivity contribution in [2.24, 2.45) is 11.8 Å². The van der Waals surface area contributed by atoms with E-state index in [1.54, 1.807) is 18.2 Å². The number of rotatable bonds is 4. The Bertz CT molecular complexity index is 699. The molecule has 0 unspecified atom stereocenters. The molecule has 0 radical (unpaired) electrons. The summed E-state index contributed by atoms with van der Waals surface area (Å²) in [5.41, 5.74) is 6.30. The first-order valence-corrected chi connectivity index (χ1v) is 11.7. The van der Waals surface area contributed by atoms with E-state index in [2.05, 4.69) is 13.8 Å². The molecule has 2 saturated carbocycles. The molecular weight excluding hydrogens is 368 g/mol. The Kier molecular flexibility index (Phi) is 6.20. The third kappa shape index (κ3) is 4.20. The number of nitrogen functional groups attached to an aromatic ring is 1. The number of hydrogen-bond donors (Lipinski definition) is 1. The summed E-state index contributed by atoms with van der Waals surface area (Å²) in [7, 11) is -3.63. The molecule has 2 aliphatic rings. The van der Waals surface area contributed by atoms with Crippen LogP contribution in [0.25, 0.3) is 0 Å². The van der Waals surface area contributed by atoms with Crippen LogP contribution in [-0.4, -0.2) is 24.8 Å². The molecule has 6 heteroatoms. The highest BCUT2D eigenvalue weighted by atomic mass is 35.5. The van der Waals surface area contributed by atoms with E-state index in [9.17, 15) is 8.42 Å². The van der Waals surface area contributed by atoms with Crippen LogP contribution in [0.15, 0.2) is 23.1 Å². The van der Waals surface area contributed by atoms with Gasteiger partial charge in [-0.1, -0.05) is 25.4 Å². The molecule has 0 saturated heterocycles. The lowest BCUT2D eigenvalue weighted by molar-refractivity contribution is 0.143. The SMILES string of the molecule is CC1CCC(N(C2CCC(C)CC2)S(=O)(=O)c2ccc(Cl)cc2N)CC1. The quantitative estimate of drug-likeness (QED) is 0.720. The topological polar surface area (TPSA) is 63.4 Å². The maximum atomic E-state index is 13.6. The van der Waals surface area contributed by atoms with Crippen LogP contribution in [0.4, 0.5) is 5.69 Å². The molecule has 0 spiro atoms. The van der Waals surface area contributed by atoms with Gasteiger partial charge in [0.2, 0.25) is 10.0 Å². The van der Waals surface area contributed by atoms with E-state index in [1.165, 1.54) is 0 Å². The predicted octanol–water partition coefficient (Wildman–Crippen LogP) is 5.07. The van der Waals surface area contributed by atoms with Gasteiger partial charge in [0.05, 0.1) is 5.69 Å². The van der Waals surface area contributed by atoms with Crippen molar-refractivity contribution in [3.8, 4) is 0 Å². The lowest BCUT2D eigenvalue weighted by atomic mass is 9.84. The van der Waals surface area contributed by atoms with Crippen molar-refractivity contribution >= 4 is 27.3 Å². The molecule has 0 aliphatic heterocycles. The lowest BCUT2D eigenvalue weighted by Gasteiger charge is -2.42. The van der Waals surface area contributed by atoms with E-state index in [0.717, 1.165) is 51.4 Å². The summed E-state index contributed by atoms with van der Waals surface area (Å²) in [4.78, 5) is 0.208. The molecule has 3 rings (SSSR count). The van der Waals surface area contributed by atoms with Crippen molar-refractivity contribution in [3.05, 3.63) is 23.2 Å². The van der Waals surface area contributed by atoms with Crippen molar-refractivity contribution in [2.45, 2.75) is 82.2 Å². The van der Waals surface area contributed by atoms with Crippen LogP contribution in [0.2, 0.25) is 5.02 Å². The van der Waals surface area contributed by atoms with Crippen LogP contribution < -0.4 is 5.73 Å². The normalized spacial score (nSPS) is 30.5. The monoisotopic (exact) mass is 398 g/mol. The highest BCUT2D eigenvalue weighted by molar-refractivity contribution is 7.89. The Morgan fingerprint density at radius 3 is 1.81 bits per heavy atom. The largest absolute Gasteiger partial charge is 0.398 e. The molecule has 146 valence electrons.